The first kappa shape index (κ1) is 12.0. The first-order valence-electron chi connectivity index (χ1n) is 5.21. The summed E-state index contributed by atoms with van der Waals surface area (Å²) in [5.74, 6) is -1.69. The summed E-state index contributed by atoms with van der Waals surface area (Å²) in [7, 11) is 0. The minimum absolute atomic E-state index is 0.367. The monoisotopic (exact) mass is 247 g/mol. The molecule has 0 radical (unpaired) electrons. The fourth-order valence-corrected chi connectivity index (χ4v) is 1.58. The van der Waals surface area contributed by atoms with Crippen molar-refractivity contribution in [3.8, 4) is 11.1 Å². The van der Waals surface area contributed by atoms with Gasteiger partial charge in [0, 0.05) is 6.20 Å². The van der Waals surface area contributed by atoms with Crippen molar-refractivity contribution in [2.75, 3.05) is 0 Å². The highest BCUT2D eigenvalue weighted by atomic mass is 19.1. The van der Waals surface area contributed by atoms with Crippen LogP contribution in [-0.4, -0.2) is 16.1 Å². The maximum atomic E-state index is 13.4. The smallest absolute Gasteiger partial charge is 0.341 e. The van der Waals surface area contributed by atoms with Gasteiger partial charge in [0.05, 0.1) is 0 Å². The molecule has 0 spiro atoms. The zero-order valence-electron chi connectivity index (χ0n) is 9.53. The Balaban J connectivity index is 2.57. The van der Waals surface area contributed by atoms with Crippen LogP contribution >= 0.6 is 0 Å². The van der Waals surface area contributed by atoms with Gasteiger partial charge in [-0.15, -0.1) is 0 Å². The van der Waals surface area contributed by atoms with E-state index in [0.717, 1.165) is 0 Å². The first-order chi connectivity index (χ1) is 8.49. The van der Waals surface area contributed by atoms with Crippen LogP contribution in [0.2, 0.25) is 0 Å². The van der Waals surface area contributed by atoms with Crippen LogP contribution in [0, 0.1) is 12.7 Å². The number of carboxylic acid groups (broad SMARTS) is 1. The Morgan fingerprint density at radius 1 is 1.28 bits per heavy atom. The summed E-state index contributed by atoms with van der Waals surface area (Å²) in [5.41, 5.74) is 0.414. The van der Waals surface area contributed by atoms with Crippen molar-refractivity contribution >= 4 is 5.97 Å². The SMILES string of the molecule is Cc1ccc(-c2c[nH]c(=O)c(C(=O)O)c2)cc1F. The zero-order chi connectivity index (χ0) is 13.3. The summed E-state index contributed by atoms with van der Waals surface area (Å²) in [5, 5.41) is 8.84. The number of hydrogen-bond acceptors (Lipinski definition) is 2. The van der Waals surface area contributed by atoms with Crippen molar-refractivity contribution in [2.24, 2.45) is 0 Å². The molecule has 0 aliphatic heterocycles. The molecule has 2 aromatic rings. The van der Waals surface area contributed by atoms with Crippen molar-refractivity contribution in [1.82, 2.24) is 4.98 Å². The van der Waals surface area contributed by atoms with Gasteiger partial charge in [0.15, 0.2) is 0 Å². The second-order valence-electron chi connectivity index (χ2n) is 3.90. The molecule has 0 amide bonds. The van der Waals surface area contributed by atoms with E-state index in [1.807, 2.05) is 0 Å². The molecule has 0 saturated carbocycles. The number of rotatable bonds is 2. The van der Waals surface area contributed by atoms with Crippen LogP contribution in [0.4, 0.5) is 4.39 Å². The molecule has 1 aromatic carbocycles. The Hall–Kier alpha value is -2.43. The molecule has 0 unspecified atom stereocenters. The molecule has 0 aliphatic rings. The summed E-state index contributed by atoms with van der Waals surface area (Å²) in [6.07, 6.45) is 1.36. The maximum Gasteiger partial charge on any atom is 0.341 e. The predicted octanol–water partition coefficient (Wildman–Crippen LogP) is 2.19. The van der Waals surface area contributed by atoms with E-state index in [-0.39, 0.29) is 11.4 Å². The number of carboxylic acids is 1. The molecule has 5 heteroatoms. The highest BCUT2D eigenvalue weighted by Crippen LogP contribution is 2.21. The van der Waals surface area contributed by atoms with Crippen LogP contribution in [-0.2, 0) is 0 Å². The van der Waals surface area contributed by atoms with Gasteiger partial charge >= 0.3 is 5.97 Å². The van der Waals surface area contributed by atoms with Gasteiger partial charge in [0.25, 0.3) is 5.56 Å². The number of hydrogen-bond donors (Lipinski definition) is 2. The van der Waals surface area contributed by atoms with E-state index in [1.54, 1.807) is 19.1 Å². The van der Waals surface area contributed by atoms with E-state index >= 15 is 0 Å². The molecule has 18 heavy (non-hydrogen) atoms. The second kappa shape index (κ2) is 4.44. The van der Waals surface area contributed by atoms with Crippen LogP contribution in [0.15, 0.2) is 35.3 Å². The van der Waals surface area contributed by atoms with Crippen molar-refractivity contribution in [3.05, 3.63) is 57.8 Å². The number of aromatic nitrogens is 1. The van der Waals surface area contributed by atoms with Gasteiger partial charge in [0.1, 0.15) is 11.4 Å². The highest BCUT2D eigenvalue weighted by molar-refractivity contribution is 5.88. The summed E-state index contributed by atoms with van der Waals surface area (Å²) < 4.78 is 13.4. The summed E-state index contributed by atoms with van der Waals surface area (Å²) in [6.45, 7) is 1.63. The van der Waals surface area contributed by atoms with Gasteiger partial charge in [-0.05, 0) is 35.7 Å². The molecule has 0 fully saturated rings. The Morgan fingerprint density at radius 3 is 2.61 bits per heavy atom. The minimum atomic E-state index is -1.31. The molecule has 0 atom stereocenters. The largest absolute Gasteiger partial charge is 0.477 e. The fourth-order valence-electron chi connectivity index (χ4n) is 1.58. The van der Waals surface area contributed by atoms with E-state index in [9.17, 15) is 14.0 Å². The molecule has 0 saturated heterocycles. The molecular formula is C13H10FNO3. The van der Waals surface area contributed by atoms with E-state index in [4.69, 9.17) is 5.11 Å². The quantitative estimate of drug-likeness (QED) is 0.854. The lowest BCUT2D eigenvalue weighted by Gasteiger charge is -2.04. The molecule has 92 valence electrons. The molecule has 4 nitrogen and oxygen atoms in total. The van der Waals surface area contributed by atoms with Gasteiger partial charge in [-0.25, -0.2) is 9.18 Å². The predicted molar refractivity (Wildman–Crippen MR) is 64.2 cm³/mol. The first-order valence-corrected chi connectivity index (χ1v) is 5.21. The molecule has 1 heterocycles. The number of aryl methyl sites for hydroxylation is 1. The van der Waals surface area contributed by atoms with Gasteiger partial charge in [-0.2, -0.15) is 0 Å². The number of aromatic carboxylic acids is 1. The number of H-pyrrole nitrogens is 1. The number of carbonyl (C=O) groups is 1. The van der Waals surface area contributed by atoms with Crippen LogP contribution in [0.3, 0.4) is 0 Å². The van der Waals surface area contributed by atoms with Crippen molar-refractivity contribution in [2.45, 2.75) is 6.92 Å². The van der Waals surface area contributed by atoms with Gasteiger partial charge in [-0.1, -0.05) is 12.1 Å². The molecule has 0 aliphatic carbocycles. The minimum Gasteiger partial charge on any atom is -0.477 e. The van der Waals surface area contributed by atoms with Crippen molar-refractivity contribution < 1.29 is 14.3 Å². The Kier molecular flexibility index (Phi) is 2.97. The third kappa shape index (κ3) is 2.15. The molecule has 2 rings (SSSR count). The van der Waals surface area contributed by atoms with E-state index in [0.29, 0.717) is 16.7 Å². The Bertz CT molecular complexity index is 676. The van der Waals surface area contributed by atoms with Gasteiger partial charge in [-0.3, -0.25) is 4.79 Å². The third-order valence-electron chi connectivity index (χ3n) is 2.64. The Labute approximate surface area is 102 Å². The number of nitrogens with one attached hydrogen (secondary N) is 1. The van der Waals surface area contributed by atoms with Gasteiger partial charge < -0.3 is 10.1 Å². The van der Waals surface area contributed by atoms with Crippen LogP contribution in [0.5, 0.6) is 0 Å². The highest BCUT2D eigenvalue weighted by Gasteiger charge is 2.11. The lowest BCUT2D eigenvalue weighted by molar-refractivity contribution is 0.0695. The molecular weight excluding hydrogens is 237 g/mol. The summed E-state index contributed by atoms with van der Waals surface area (Å²) >= 11 is 0. The lowest BCUT2D eigenvalue weighted by atomic mass is 10.0. The van der Waals surface area contributed by atoms with E-state index in [2.05, 4.69) is 4.98 Å². The zero-order valence-corrected chi connectivity index (χ0v) is 9.53. The second-order valence-corrected chi connectivity index (χ2v) is 3.90. The van der Waals surface area contributed by atoms with Crippen molar-refractivity contribution in [1.29, 1.82) is 0 Å². The fraction of sp³-hybridized carbons (Fsp3) is 0.0769. The molecule has 0 bridgehead atoms. The van der Waals surface area contributed by atoms with E-state index in [1.165, 1.54) is 18.3 Å². The third-order valence-corrected chi connectivity index (χ3v) is 2.64. The Morgan fingerprint density at radius 2 is 2.00 bits per heavy atom. The number of aromatic amines is 1. The van der Waals surface area contributed by atoms with E-state index < -0.39 is 11.5 Å². The number of pyridine rings is 1. The normalized spacial score (nSPS) is 10.3. The molecule has 2 N–H and O–H groups in total. The van der Waals surface area contributed by atoms with Crippen LogP contribution < -0.4 is 5.56 Å². The average molecular weight is 247 g/mol. The number of halogens is 1. The maximum absolute atomic E-state index is 13.4. The lowest BCUT2D eigenvalue weighted by Crippen LogP contribution is -2.16. The average Bonchev–Trinajstić information content (AvgIpc) is 2.33. The van der Waals surface area contributed by atoms with Gasteiger partial charge in [0.2, 0.25) is 0 Å². The summed E-state index contributed by atoms with van der Waals surface area (Å²) in [6, 6.07) is 5.79. The van der Waals surface area contributed by atoms with Crippen LogP contribution in [0.1, 0.15) is 15.9 Å². The summed E-state index contributed by atoms with van der Waals surface area (Å²) in [4.78, 5) is 24.4. The van der Waals surface area contributed by atoms with Crippen LogP contribution in [0.25, 0.3) is 11.1 Å². The topological polar surface area (TPSA) is 70.2 Å². The molecule has 1 aromatic heterocycles. The standard InChI is InChI=1S/C13H10FNO3/c1-7-2-3-8(5-11(7)14)9-4-10(13(17)18)12(16)15-6-9/h2-6H,1H3,(H,15,16)(H,17,18). The van der Waals surface area contributed by atoms with Crippen molar-refractivity contribution in [3.63, 3.8) is 0 Å². The number of benzene rings is 1.